The van der Waals surface area contributed by atoms with Gasteiger partial charge in [-0.15, -0.1) is 0 Å². The first-order valence-corrected chi connectivity index (χ1v) is 8.44. The van der Waals surface area contributed by atoms with Gasteiger partial charge in [0.25, 0.3) is 0 Å². The number of amides is 2. The second-order valence-corrected chi connectivity index (χ2v) is 6.53. The number of nitrogens with zero attached hydrogens (tertiary/aromatic N) is 2. The van der Waals surface area contributed by atoms with Gasteiger partial charge in [-0.25, -0.2) is 8.78 Å². The Balaban J connectivity index is 1.79. The third kappa shape index (κ3) is 3.45. The summed E-state index contributed by atoms with van der Waals surface area (Å²) in [5, 5.41) is 0. The highest BCUT2D eigenvalue weighted by atomic mass is 19.1. The SMILES string of the molecule is Cc1ccc(F)c(CN2C(=O)CN(Cc3ccccc3)C(=O)[C@H]2C)c1F. The lowest BCUT2D eigenvalue weighted by molar-refractivity contribution is -0.156. The summed E-state index contributed by atoms with van der Waals surface area (Å²) in [6, 6.07) is 11.1. The molecule has 26 heavy (non-hydrogen) atoms. The predicted octanol–water partition coefficient (Wildman–Crippen LogP) is 3.03. The van der Waals surface area contributed by atoms with Crippen LogP contribution in [0.1, 0.15) is 23.6 Å². The van der Waals surface area contributed by atoms with E-state index in [-0.39, 0.29) is 30.5 Å². The second kappa shape index (κ2) is 7.23. The Hall–Kier alpha value is -2.76. The number of halogens is 2. The van der Waals surface area contributed by atoms with Crippen molar-refractivity contribution >= 4 is 11.8 Å². The van der Waals surface area contributed by atoms with E-state index in [4.69, 9.17) is 0 Å². The van der Waals surface area contributed by atoms with E-state index >= 15 is 0 Å². The van der Waals surface area contributed by atoms with Crippen molar-refractivity contribution in [2.45, 2.75) is 33.0 Å². The maximum atomic E-state index is 14.3. The van der Waals surface area contributed by atoms with Crippen molar-refractivity contribution in [1.82, 2.24) is 9.80 Å². The highest BCUT2D eigenvalue weighted by molar-refractivity contribution is 5.94. The molecule has 1 saturated heterocycles. The normalized spacial score (nSPS) is 17.8. The molecule has 1 fully saturated rings. The van der Waals surface area contributed by atoms with Gasteiger partial charge >= 0.3 is 0 Å². The van der Waals surface area contributed by atoms with Crippen LogP contribution in [0.15, 0.2) is 42.5 Å². The van der Waals surface area contributed by atoms with Crippen molar-refractivity contribution in [3.05, 3.63) is 70.8 Å². The number of piperazine rings is 1. The maximum Gasteiger partial charge on any atom is 0.245 e. The summed E-state index contributed by atoms with van der Waals surface area (Å²) in [7, 11) is 0. The molecular weight excluding hydrogens is 338 g/mol. The zero-order valence-corrected chi connectivity index (χ0v) is 14.7. The Morgan fingerprint density at radius 3 is 2.42 bits per heavy atom. The summed E-state index contributed by atoms with van der Waals surface area (Å²) in [5.41, 5.74) is 1.04. The molecule has 2 aromatic rings. The van der Waals surface area contributed by atoms with Gasteiger partial charge in [-0.05, 0) is 31.0 Å². The highest BCUT2D eigenvalue weighted by Gasteiger charge is 2.37. The second-order valence-electron chi connectivity index (χ2n) is 6.53. The fourth-order valence-corrected chi connectivity index (χ4v) is 3.14. The van der Waals surface area contributed by atoms with Gasteiger partial charge in [0.1, 0.15) is 24.2 Å². The minimum Gasteiger partial charge on any atom is -0.327 e. The molecule has 3 rings (SSSR count). The molecule has 0 aliphatic carbocycles. The average molecular weight is 358 g/mol. The molecule has 0 saturated carbocycles. The Kier molecular flexibility index (Phi) is 5.02. The van der Waals surface area contributed by atoms with Crippen LogP contribution in [0.5, 0.6) is 0 Å². The summed E-state index contributed by atoms with van der Waals surface area (Å²) in [5.74, 6) is -1.95. The monoisotopic (exact) mass is 358 g/mol. The smallest absolute Gasteiger partial charge is 0.245 e. The predicted molar refractivity (Wildman–Crippen MR) is 93.0 cm³/mol. The molecule has 4 nitrogen and oxygen atoms in total. The molecule has 1 aliphatic heterocycles. The van der Waals surface area contributed by atoms with E-state index in [1.807, 2.05) is 30.3 Å². The number of carbonyl (C=O) groups is 2. The number of aryl methyl sites for hydroxylation is 1. The van der Waals surface area contributed by atoms with Crippen molar-refractivity contribution in [3.8, 4) is 0 Å². The van der Waals surface area contributed by atoms with Crippen LogP contribution in [0, 0.1) is 18.6 Å². The lowest BCUT2D eigenvalue weighted by atomic mass is 10.1. The van der Waals surface area contributed by atoms with E-state index in [0.29, 0.717) is 12.1 Å². The van der Waals surface area contributed by atoms with Gasteiger partial charge in [0.05, 0.1) is 6.54 Å². The van der Waals surface area contributed by atoms with E-state index < -0.39 is 17.7 Å². The molecule has 0 aromatic heterocycles. The molecular formula is C20H20F2N2O2. The summed E-state index contributed by atoms with van der Waals surface area (Å²) < 4.78 is 28.3. The molecule has 0 unspecified atom stereocenters. The van der Waals surface area contributed by atoms with Gasteiger partial charge < -0.3 is 9.80 Å². The lowest BCUT2D eigenvalue weighted by Gasteiger charge is -2.39. The van der Waals surface area contributed by atoms with E-state index in [0.717, 1.165) is 5.56 Å². The molecule has 0 bridgehead atoms. The van der Waals surface area contributed by atoms with Gasteiger partial charge in [0.15, 0.2) is 0 Å². The van der Waals surface area contributed by atoms with Gasteiger partial charge in [-0.1, -0.05) is 36.4 Å². The quantitative estimate of drug-likeness (QED) is 0.843. The largest absolute Gasteiger partial charge is 0.327 e. The number of benzene rings is 2. The zero-order chi connectivity index (χ0) is 18.8. The Morgan fingerprint density at radius 2 is 1.73 bits per heavy atom. The van der Waals surface area contributed by atoms with E-state index in [9.17, 15) is 18.4 Å². The van der Waals surface area contributed by atoms with Gasteiger partial charge in [-0.3, -0.25) is 9.59 Å². The Labute approximate surface area is 151 Å². The van der Waals surface area contributed by atoms with Crippen LogP contribution in [-0.2, 0) is 22.7 Å². The van der Waals surface area contributed by atoms with Crippen molar-refractivity contribution < 1.29 is 18.4 Å². The molecule has 1 aliphatic rings. The molecule has 0 radical (unpaired) electrons. The molecule has 1 heterocycles. The van der Waals surface area contributed by atoms with Crippen LogP contribution in [0.4, 0.5) is 8.78 Å². The Morgan fingerprint density at radius 1 is 1.04 bits per heavy atom. The molecule has 136 valence electrons. The summed E-state index contributed by atoms with van der Waals surface area (Å²) in [4.78, 5) is 27.9. The molecule has 6 heteroatoms. The lowest BCUT2D eigenvalue weighted by Crippen LogP contribution is -2.58. The summed E-state index contributed by atoms with van der Waals surface area (Å²) in [6.07, 6.45) is 0. The standard InChI is InChI=1S/C20H20F2N2O2/c1-13-8-9-17(21)16(19(13)22)11-24-14(2)20(26)23(12-18(24)25)10-15-6-4-3-5-7-15/h3-9,14H,10-12H2,1-2H3/t14-/m1/s1. The molecule has 0 N–H and O–H groups in total. The van der Waals surface area contributed by atoms with Crippen molar-refractivity contribution in [2.75, 3.05) is 6.54 Å². The number of hydrogen-bond acceptors (Lipinski definition) is 2. The molecule has 1 atom stereocenters. The highest BCUT2D eigenvalue weighted by Crippen LogP contribution is 2.22. The maximum absolute atomic E-state index is 14.3. The third-order valence-electron chi connectivity index (χ3n) is 4.71. The summed E-state index contributed by atoms with van der Waals surface area (Å²) >= 11 is 0. The van der Waals surface area contributed by atoms with E-state index in [1.54, 1.807) is 6.92 Å². The molecule has 2 aromatic carbocycles. The van der Waals surface area contributed by atoms with Crippen LogP contribution >= 0.6 is 0 Å². The molecule has 0 spiro atoms. The van der Waals surface area contributed by atoms with Gasteiger partial charge in [-0.2, -0.15) is 0 Å². The van der Waals surface area contributed by atoms with Crippen LogP contribution in [0.2, 0.25) is 0 Å². The zero-order valence-electron chi connectivity index (χ0n) is 14.7. The van der Waals surface area contributed by atoms with Crippen LogP contribution in [-0.4, -0.2) is 34.2 Å². The van der Waals surface area contributed by atoms with Crippen LogP contribution < -0.4 is 0 Å². The topological polar surface area (TPSA) is 40.6 Å². The first-order valence-electron chi connectivity index (χ1n) is 8.44. The fourth-order valence-electron chi connectivity index (χ4n) is 3.14. The summed E-state index contributed by atoms with van der Waals surface area (Å²) in [6.45, 7) is 3.09. The van der Waals surface area contributed by atoms with Crippen LogP contribution in [0.25, 0.3) is 0 Å². The molecule has 2 amide bonds. The fraction of sp³-hybridized carbons (Fsp3) is 0.300. The van der Waals surface area contributed by atoms with Crippen molar-refractivity contribution in [1.29, 1.82) is 0 Å². The van der Waals surface area contributed by atoms with E-state index in [2.05, 4.69) is 0 Å². The third-order valence-corrected chi connectivity index (χ3v) is 4.71. The van der Waals surface area contributed by atoms with Crippen molar-refractivity contribution in [2.24, 2.45) is 0 Å². The number of rotatable bonds is 4. The minimum absolute atomic E-state index is 0.104. The number of hydrogen-bond donors (Lipinski definition) is 0. The Bertz CT molecular complexity index is 839. The van der Waals surface area contributed by atoms with E-state index in [1.165, 1.54) is 28.9 Å². The minimum atomic E-state index is -0.778. The average Bonchev–Trinajstić information content (AvgIpc) is 2.63. The first-order chi connectivity index (χ1) is 12.4. The van der Waals surface area contributed by atoms with Crippen molar-refractivity contribution in [3.63, 3.8) is 0 Å². The number of carbonyl (C=O) groups excluding carboxylic acids is 2. The van der Waals surface area contributed by atoms with Gasteiger partial charge in [0.2, 0.25) is 11.8 Å². The first kappa shape index (κ1) is 18.0. The van der Waals surface area contributed by atoms with Gasteiger partial charge in [0, 0.05) is 12.1 Å². The van der Waals surface area contributed by atoms with Crippen LogP contribution in [0.3, 0.4) is 0 Å².